The van der Waals surface area contributed by atoms with Crippen LogP contribution in [0.3, 0.4) is 0 Å². The van der Waals surface area contributed by atoms with Gasteiger partial charge in [-0.2, -0.15) is 0 Å². The molecule has 2 aliphatic rings. The predicted molar refractivity (Wildman–Crippen MR) is 82.5 cm³/mol. The number of nitrogens with zero attached hydrogens (tertiary/aromatic N) is 2. The summed E-state index contributed by atoms with van der Waals surface area (Å²) in [5.74, 6) is 0. The lowest BCUT2D eigenvalue weighted by molar-refractivity contribution is 0.245. The summed E-state index contributed by atoms with van der Waals surface area (Å²) in [6.07, 6.45) is -0.856. The van der Waals surface area contributed by atoms with Crippen molar-refractivity contribution in [2.75, 3.05) is 9.80 Å². The molecule has 2 aromatic rings. The highest BCUT2D eigenvalue weighted by molar-refractivity contribution is 6.03. The summed E-state index contributed by atoms with van der Waals surface area (Å²) in [5.41, 5.74) is 1.51. The molecule has 22 heavy (non-hydrogen) atoms. The Morgan fingerprint density at radius 2 is 1.00 bits per heavy atom. The van der Waals surface area contributed by atoms with Gasteiger partial charge >= 0.3 is 12.1 Å². The largest absolute Gasteiger partial charge is 0.325 e. The summed E-state index contributed by atoms with van der Waals surface area (Å²) in [4.78, 5) is 27.8. The highest BCUT2D eigenvalue weighted by Crippen LogP contribution is 2.30. The van der Waals surface area contributed by atoms with Crippen molar-refractivity contribution < 1.29 is 9.59 Å². The first kappa shape index (κ1) is 12.7. The van der Waals surface area contributed by atoms with E-state index in [1.807, 2.05) is 60.7 Å². The molecule has 2 saturated heterocycles. The highest BCUT2D eigenvalue weighted by Gasteiger charge is 2.51. The Kier molecular flexibility index (Phi) is 2.75. The maximum Gasteiger partial charge on any atom is 0.325 e. The van der Waals surface area contributed by atoms with Crippen molar-refractivity contribution in [3.8, 4) is 0 Å². The summed E-state index contributed by atoms with van der Waals surface area (Å²) in [6, 6.07) is 18.2. The quantitative estimate of drug-likeness (QED) is 0.891. The molecular weight excluding hydrogens is 280 g/mol. The number of fused-ring (bicyclic) bond motifs is 1. The Hall–Kier alpha value is -3.02. The van der Waals surface area contributed by atoms with Gasteiger partial charge in [-0.05, 0) is 24.3 Å². The van der Waals surface area contributed by atoms with E-state index in [4.69, 9.17) is 0 Å². The molecule has 0 saturated carbocycles. The molecule has 4 rings (SSSR count). The van der Waals surface area contributed by atoms with Crippen molar-refractivity contribution in [1.82, 2.24) is 10.6 Å². The van der Waals surface area contributed by atoms with Gasteiger partial charge in [0.25, 0.3) is 0 Å². The van der Waals surface area contributed by atoms with E-state index in [1.54, 1.807) is 9.80 Å². The van der Waals surface area contributed by atoms with Crippen LogP contribution in [0.5, 0.6) is 0 Å². The second-order valence-electron chi connectivity index (χ2n) is 5.20. The molecule has 110 valence electrons. The van der Waals surface area contributed by atoms with E-state index in [2.05, 4.69) is 10.6 Å². The number of urea groups is 2. The van der Waals surface area contributed by atoms with Gasteiger partial charge in [-0.1, -0.05) is 36.4 Å². The van der Waals surface area contributed by atoms with Crippen LogP contribution in [-0.2, 0) is 0 Å². The van der Waals surface area contributed by atoms with Gasteiger partial charge in [-0.25, -0.2) is 9.59 Å². The van der Waals surface area contributed by atoms with Gasteiger partial charge in [0.1, 0.15) is 0 Å². The smallest absolute Gasteiger partial charge is 0.313 e. The molecule has 0 aromatic heterocycles. The second kappa shape index (κ2) is 4.77. The van der Waals surface area contributed by atoms with Gasteiger partial charge < -0.3 is 10.6 Å². The third-order valence-corrected chi connectivity index (χ3v) is 3.90. The normalized spacial score (nSPS) is 23.3. The zero-order valence-electron chi connectivity index (χ0n) is 11.6. The molecule has 0 spiro atoms. The topological polar surface area (TPSA) is 64.7 Å². The van der Waals surface area contributed by atoms with Crippen molar-refractivity contribution in [3.63, 3.8) is 0 Å². The standard InChI is InChI=1S/C16H14N4O2/c21-15-18-14-13(19(15)11-7-3-1-4-8-11)17-16(22)20(14)12-9-5-2-6-10-12/h1-10,13-14H,(H,17,22)(H,18,21). The van der Waals surface area contributed by atoms with Crippen LogP contribution in [0.25, 0.3) is 0 Å². The lowest BCUT2D eigenvalue weighted by Crippen LogP contribution is -2.43. The van der Waals surface area contributed by atoms with Crippen LogP contribution in [-0.4, -0.2) is 24.4 Å². The number of anilines is 2. The number of nitrogens with one attached hydrogen (secondary N) is 2. The Morgan fingerprint density at radius 3 is 1.36 bits per heavy atom. The van der Waals surface area contributed by atoms with Crippen LogP contribution in [0.2, 0.25) is 0 Å². The van der Waals surface area contributed by atoms with Crippen LogP contribution in [0.1, 0.15) is 0 Å². The number of benzene rings is 2. The minimum atomic E-state index is -0.428. The summed E-state index contributed by atoms with van der Waals surface area (Å²) >= 11 is 0. The van der Waals surface area contributed by atoms with Gasteiger partial charge in [-0.15, -0.1) is 0 Å². The number of carbonyl (C=O) groups excluding carboxylic acids is 2. The fraction of sp³-hybridized carbons (Fsp3) is 0.125. The first-order valence-electron chi connectivity index (χ1n) is 7.05. The molecule has 6 nitrogen and oxygen atoms in total. The number of rotatable bonds is 2. The lowest BCUT2D eigenvalue weighted by atomic mass is 10.2. The average molecular weight is 294 g/mol. The number of hydrogen-bond acceptors (Lipinski definition) is 2. The van der Waals surface area contributed by atoms with Crippen LogP contribution in [0.15, 0.2) is 60.7 Å². The number of carbonyl (C=O) groups is 2. The first-order chi connectivity index (χ1) is 10.8. The summed E-state index contributed by atoms with van der Waals surface area (Å²) in [5, 5.41) is 5.75. The fourth-order valence-corrected chi connectivity index (χ4v) is 2.95. The molecule has 2 aliphatic heterocycles. The maximum absolute atomic E-state index is 12.3. The fourth-order valence-electron chi connectivity index (χ4n) is 2.95. The lowest BCUT2D eigenvalue weighted by Gasteiger charge is -2.22. The van der Waals surface area contributed by atoms with Gasteiger partial charge in [0.05, 0.1) is 0 Å². The molecule has 6 heteroatoms. The van der Waals surface area contributed by atoms with Crippen LogP contribution in [0, 0.1) is 0 Å². The van der Waals surface area contributed by atoms with E-state index in [1.165, 1.54) is 0 Å². The Balaban J connectivity index is 1.70. The second-order valence-corrected chi connectivity index (χ2v) is 5.20. The van der Waals surface area contributed by atoms with Crippen LogP contribution >= 0.6 is 0 Å². The molecule has 2 unspecified atom stereocenters. The van der Waals surface area contributed by atoms with Gasteiger partial charge in [0.2, 0.25) is 0 Å². The van der Waals surface area contributed by atoms with E-state index >= 15 is 0 Å². The van der Waals surface area contributed by atoms with Crippen molar-refractivity contribution in [2.45, 2.75) is 12.3 Å². The minimum absolute atomic E-state index is 0.220. The summed E-state index contributed by atoms with van der Waals surface area (Å²) in [6.45, 7) is 0. The van der Waals surface area contributed by atoms with E-state index in [9.17, 15) is 9.59 Å². The van der Waals surface area contributed by atoms with E-state index in [0.717, 1.165) is 11.4 Å². The molecule has 0 aliphatic carbocycles. The average Bonchev–Trinajstić information content (AvgIpc) is 3.01. The first-order valence-corrected chi connectivity index (χ1v) is 7.05. The van der Waals surface area contributed by atoms with E-state index < -0.39 is 12.3 Å². The summed E-state index contributed by atoms with van der Waals surface area (Å²) in [7, 11) is 0. The third kappa shape index (κ3) is 1.81. The van der Waals surface area contributed by atoms with E-state index in [0.29, 0.717) is 0 Å². The minimum Gasteiger partial charge on any atom is -0.313 e. The number of hydrogen-bond donors (Lipinski definition) is 2. The maximum atomic E-state index is 12.3. The molecule has 4 amide bonds. The summed E-state index contributed by atoms with van der Waals surface area (Å²) < 4.78 is 0. The molecule has 2 heterocycles. The molecule has 2 fully saturated rings. The Bertz CT molecular complexity index is 656. The molecular formula is C16H14N4O2. The van der Waals surface area contributed by atoms with Crippen molar-refractivity contribution in [1.29, 1.82) is 0 Å². The molecule has 2 atom stereocenters. The molecule has 2 aromatic carbocycles. The van der Waals surface area contributed by atoms with Crippen LogP contribution < -0.4 is 20.4 Å². The van der Waals surface area contributed by atoms with Crippen molar-refractivity contribution >= 4 is 23.4 Å². The van der Waals surface area contributed by atoms with Crippen molar-refractivity contribution in [3.05, 3.63) is 60.7 Å². The van der Waals surface area contributed by atoms with E-state index in [-0.39, 0.29) is 12.1 Å². The number of amides is 4. The molecule has 2 N–H and O–H groups in total. The Labute approximate surface area is 127 Å². The van der Waals surface area contributed by atoms with Crippen molar-refractivity contribution in [2.24, 2.45) is 0 Å². The van der Waals surface area contributed by atoms with Gasteiger partial charge in [-0.3, -0.25) is 9.80 Å². The Morgan fingerprint density at radius 1 is 0.636 bits per heavy atom. The van der Waals surface area contributed by atoms with Crippen LogP contribution in [0.4, 0.5) is 21.0 Å². The molecule has 0 radical (unpaired) electrons. The highest BCUT2D eigenvalue weighted by atomic mass is 16.2. The SMILES string of the molecule is O=C1NC2C(NC(=O)N2c2ccccc2)N1c1ccccc1. The predicted octanol–water partition coefficient (Wildman–Crippen LogP) is 2.10. The van der Waals surface area contributed by atoms with Gasteiger partial charge in [0.15, 0.2) is 12.3 Å². The molecule has 0 bridgehead atoms. The number of para-hydroxylation sites is 2. The third-order valence-electron chi connectivity index (χ3n) is 3.90. The zero-order chi connectivity index (χ0) is 15.1. The zero-order valence-corrected chi connectivity index (χ0v) is 11.6. The monoisotopic (exact) mass is 294 g/mol. The van der Waals surface area contributed by atoms with Gasteiger partial charge in [0, 0.05) is 11.4 Å².